The first-order chi connectivity index (χ1) is 14.3. The Morgan fingerprint density at radius 3 is 2.70 bits per heavy atom. The molecular weight excluding hydrogens is 400 g/mol. The van der Waals surface area contributed by atoms with Crippen molar-refractivity contribution in [2.45, 2.75) is 49.3 Å². The van der Waals surface area contributed by atoms with Crippen LogP contribution in [-0.4, -0.2) is 24.2 Å². The van der Waals surface area contributed by atoms with Crippen molar-refractivity contribution in [1.82, 2.24) is 14.8 Å². The summed E-state index contributed by atoms with van der Waals surface area (Å²) in [6.07, 6.45) is 4.23. The van der Waals surface area contributed by atoms with Crippen LogP contribution in [0.25, 0.3) is 10.9 Å². The maximum absolute atomic E-state index is 12.6. The summed E-state index contributed by atoms with van der Waals surface area (Å²) in [7, 11) is -2.86. The predicted molar refractivity (Wildman–Crippen MR) is 116 cm³/mol. The number of nitrogens with zero attached hydrogens (tertiary/aromatic N) is 3. The third-order valence-electron chi connectivity index (χ3n) is 5.72. The number of hydrogen-bond acceptors (Lipinski definition) is 6. The van der Waals surface area contributed by atoms with Gasteiger partial charge in [-0.15, -0.1) is 0 Å². The number of rotatable bonds is 5. The number of hydrogen-bond donors (Lipinski definition) is 3. The van der Waals surface area contributed by atoms with Crippen molar-refractivity contribution in [3.63, 3.8) is 0 Å². The Kier molecular flexibility index (Phi) is 5.12. The zero-order chi connectivity index (χ0) is 21.5. The van der Waals surface area contributed by atoms with Gasteiger partial charge < -0.3 is 10.3 Å². The van der Waals surface area contributed by atoms with Gasteiger partial charge in [-0.05, 0) is 63.4 Å². The van der Waals surface area contributed by atoms with Crippen LogP contribution in [0.3, 0.4) is 0 Å². The lowest BCUT2D eigenvalue weighted by Gasteiger charge is -2.15. The molecule has 8 nitrogen and oxygen atoms in total. The molecule has 1 fully saturated rings. The molecule has 0 saturated heterocycles. The van der Waals surface area contributed by atoms with Crippen LogP contribution in [0.5, 0.6) is 0 Å². The monoisotopic (exact) mass is 424 g/mol. The molecule has 0 spiro atoms. The summed E-state index contributed by atoms with van der Waals surface area (Å²) in [5.74, 6) is 0.291. The first-order valence-electron chi connectivity index (χ1n) is 9.97. The molecule has 3 unspecified atom stereocenters. The van der Waals surface area contributed by atoms with Gasteiger partial charge >= 0.3 is 0 Å². The molecule has 1 saturated carbocycles. The summed E-state index contributed by atoms with van der Waals surface area (Å²) < 4.78 is 22.5. The second-order valence-corrected chi connectivity index (χ2v) is 10.5. The van der Waals surface area contributed by atoms with E-state index < -0.39 is 9.73 Å². The van der Waals surface area contributed by atoms with Crippen LogP contribution >= 0.6 is 0 Å². The zero-order valence-corrected chi connectivity index (χ0v) is 17.7. The highest BCUT2D eigenvalue weighted by atomic mass is 32.2. The Morgan fingerprint density at radius 2 is 2.03 bits per heavy atom. The molecule has 9 heteroatoms. The van der Waals surface area contributed by atoms with Crippen LogP contribution in [-0.2, 0) is 9.73 Å². The largest absolute Gasteiger partial charge is 0.338 e. The molecule has 1 aromatic carbocycles. The van der Waals surface area contributed by atoms with Crippen LogP contribution in [0.1, 0.15) is 39.2 Å². The van der Waals surface area contributed by atoms with Gasteiger partial charge in [0.15, 0.2) is 5.82 Å². The van der Waals surface area contributed by atoms with Crippen LogP contribution in [0.4, 0.5) is 11.5 Å². The van der Waals surface area contributed by atoms with Crippen molar-refractivity contribution in [2.75, 3.05) is 5.32 Å². The Balaban J connectivity index is 1.74. The molecule has 3 aromatic rings. The second-order valence-electron chi connectivity index (χ2n) is 7.89. The first-order valence-corrected chi connectivity index (χ1v) is 11.6. The van der Waals surface area contributed by atoms with Gasteiger partial charge in [0.1, 0.15) is 5.39 Å². The topological polar surface area (TPSA) is 127 Å². The van der Waals surface area contributed by atoms with E-state index in [1.807, 2.05) is 6.07 Å². The molecule has 0 aliphatic heterocycles. The smallest absolute Gasteiger partial charge is 0.261 e. The highest BCUT2D eigenvalue weighted by Gasteiger charge is 2.31. The first kappa shape index (κ1) is 20.2. The van der Waals surface area contributed by atoms with Gasteiger partial charge in [-0.2, -0.15) is 10.4 Å². The zero-order valence-electron chi connectivity index (χ0n) is 16.9. The Bertz CT molecular complexity index is 1280. The molecular formula is C21H24N6O2S. The van der Waals surface area contributed by atoms with Gasteiger partial charge in [0.25, 0.3) is 5.56 Å². The summed E-state index contributed by atoms with van der Waals surface area (Å²) in [4.78, 5) is 15.7. The van der Waals surface area contributed by atoms with Gasteiger partial charge in [-0.1, -0.05) is 0 Å². The summed E-state index contributed by atoms with van der Waals surface area (Å²) in [6, 6.07) is 10.9. The molecule has 1 aliphatic rings. The lowest BCUT2D eigenvalue weighted by atomic mass is 10.1. The number of benzene rings is 1. The summed E-state index contributed by atoms with van der Waals surface area (Å²) in [6.45, 7) is 3.54. The number of nitriles is 1. The SMILES string of the molecule is CC(C)S(=N)(=O)c1ccc(Nc2nn(C3CCCC3C#N)c3cc[nH]c(=O)c23)cc1. The van der Waals surface area contributed by atoms with Crippen molar-refractivity contribution in [1.29, 1.82) is 10.0 Å². The van der Waals surface area contributed by atoms with E-state index in [1.165, 1.54) is 0 Å². The maximum atomic E-state index is 12.6. The van der Waals surface area contributed by atoms with Gasteiger partial charge in [0.2, 0.25) is 0 Å². The summed E-state index contributed by atoms with van der Waals surface area (Å²) >= 11 is 0. The fourth-order valence-electron chi connectivity index (χ4n) is 3.97. The van der Waals surface area contributed by atoms with E-state index >= 15 is 0 Å². The van der Waals surface area contributed by atoms with Crippen LogP contribution in [0.15, 0.2) is 46.2 Å². The molecule has 1 aliphatic carbocycles. The van der Waals surface area contributed by atoms with Gasteiger partial charge in [0, 0.05) is 22.0 Å². The quantitative estimate of drug-likeness (QED) is 0.567. The number of pyridine rings is 1. The Labute approximate surface area is 174 Å². The lowest BCUT2D eigenvalue weighted by molar-refractivity contribution is 0.423. The third-order valence-corrected chi connectivity index (χ3v) is 8.02. The number of aromatic amines is 1. The predicted octanol–water partition coefficient (Wildman–Crippen LogP) is 4.15. The van der Waals surface area contributed by atoms with E-state index in [0.717, 1.165) is 19.3 Å². The summed E-state index contributed by atoms with van der Waals surface area (Å²) in [5.41, 5.74) is 1.12. The molecule has 2 aromatic heterocycles. The van der Waals surface area contributed by atoms with Crippen molar-refractivity contribution in [3.05, 3.63) is 46.9 Å². The number of fused-ring (bicyclic) bond motifs is 1. The van der Waals surface area contributed by atoms with Crippen LogP contribution < -0.4 is 10.9 Å². The molecule has 3 N–H and O–H groups in total. The van der Waals surface area contributed by atoms with Crippen LogP contribution in [0.2, 0.25) is 0 Å². The van der Waals surface area contributed by atoms with E-state index in [0.29, 0.717) is 27.3 Å². The average molecular weight is 425 g/mol. The molecule has 30 heavy (non-hydrogen) atoms. The Hall–Kier alpha value is -3.12. The van der Waals surface area contributed by atoms with Crippen molar-refractivity contribution in [2.24, 2.45) is 5.92 Å². The minimum absolute atomic E-state index is 0.0590. The highest BCUT2D eigenvalue weighted by Crippen LogP contribution is 2.38. The van der Waals surface area contributed by atoms with Crippen molar-refractivity contribution < 1.29 is 4.21 Å². The normalized spacial score (nSPS) is 20.9. The number of aromatic nitrogens is 3. The maximum Gasteiger partial charge on any atom is 0.261 e. The minimum Gasteiger partial charge on any atom is -0.338 e. The molecule has 156 valence electrons. The fourth-order valence-corrected chi connectivity index (χ4v) is 5.06. The molecule has 0 bridgehead atoms. The van der Waals surface area contributed by atoms with E-state index in [2.05, 4.69) is 21.5 Å². The number of H-pyrrole nitrogens is 1. The van der Waals surface area contributed by atoms with Crippen LogP contribution in [0, 0.1) is 22.0 Å². The average Bonchev–Trinajstić information content (AvgIpc) is 3.33. The Morgan fingerprint density at radius 1 is 1.30 bits per heavy atom. The van der Waals surface area contributed by atoms with Gasteiger partial charge in [-0.25, -0.2) is 8.99 Å². The van der Waals surface area contributed by atoms with Gasteiger partial charge in [-0.3, -0.25) is 9.48 Å². The second kappa shape index (κ2) is 7.61. The van der Waals surface area contributed by atoms with Crippen molar-refractivity contribution >= 4 is 32.1 Å². The van der Waals surface area contributed by atoms with E-state index in [9.17, 15) is 14.3 Å². The molecule has 2 heterocycles. The molecule has 4 rings (SSSR count). The van der Waals surface area contributed by atoms with E-state index in [-0.39, 0.29) is 22.8 Å². The van der Waals surface area contributed by atoms with Gasteiger partial charge in [0.05, 0.1) is 33.3 Å². The van der Waals surface area contributed by atoms with E-state index in [1.54, 1.807) is 49.0 Å². The lowest BCUT2D eigenvalue weighted by Crippen LogP contribution is -2.14. The molecule has 0 radical (unpaired) electrons. The molecule has 0 amide bonds. The standard InChI is InChI=1S/C21H24N6O2S/c1-13(2)30(23,29)16-8-6-15(7-9-16)25-20-19-18(10-11-24-21(19)28)27(26-20)17-5-3-4-14(17)12-22/h6-11,13-14,17,23H,3-5H2,1-2H3,(H,24,28)(H,25,26). The molecule has 3 atom stereocenters. The third kappa shape index (κ3) is 3.37. The number of anilines is 2. The minimum atomic E-state index is -2.86. The fraction of sp³-hybridized carbons (Fsp3) is 0.381. The number of nitrogens with one attached hydrogen (secondary N) is 3. The summed E-state index contributed by atoms with van der Waals surface area (Å²) in [5, 5.41) is 17.5. The highest BCUT2D eigenvalue weighted by molar-refractivity contribution is 7.93. The van der Waals surface area contributed by atoms with Crippen molar-refractivity contribution in [3.8, 4) is 6.07 Å². The van der Waals surface area contributed by atoms with E-state index in [4.69, 9.17) is 4.78 Å².